The van der Waals surface area contributed by atoms with Gasteiger partial charge in [-0.25, -0.2) is 18.5 Å². The second kappa shape index (κ2) is 7.19. The molecule has 0 aliphatic heterocycles. The molecule has 0 amide bonds. The Kier molecular flexibility index (Phi) is 4.82. The summed E-state index contributed by atoms with van der Waals surface area (Å²) in [7, 11) is -2.52. The lowest BCUT2D eigenvalue weighted by Crippen LogP contribution is -2.03. The van der Waals surface area contributed by atoms with E-state index in [1.807, 2.05) is 0 Å². The van der Waals surface area contributed by atoms with Crippen LogP contribution in [0.3, 0.4) is 0 Å². The Hall–Kier alpha value is -2.86. The molecule has 4 heterocycles. The number of imidazole rings is 1. The fourth-order valence-electron chi connectivity index (χ4n) is 2.54. The Morgan fingerprint density at radius 3 is 2.86 bits per heavy atom. The lowest BCUT2D eigenvalue weighted by molar-refractivity contribution is 0.0551. The number of pyridine rings is 1. The molecule has 4 rings (SSSR count). The largest absolute Gasteiger partial charge is 0.451 e. The molecule has 0 fully saturated rings. The second-order valence-corrected chi connectivity index (χ2v) is 9.15. The van der Waals surface area contributed by atoms with Gasteiger partial charge in [0.25, 0.3) is 0 Å². The van der Waals surface area contributed by atoms with Gasteiger partial charge in [0, 0.05) is 24.2 Å². The van der Waals surface area contributed by atoms with E-state index in [1.165, 1.54) is 18.9 Å². The van der Waals surface area contributed by atoms with E-state index in [1.54, 1.807) is 28.9 Å². The molecular formula is C16H13ClF2N6O3S. The van der Waals surface area contributed by atoms with Crippen LogP contribution < -0.4 is 0 Å². The number of hydrogen-bond donors (Lipinski definition) is 0. The van der Waals surface area contributed by atoms with Crippen molar-refractivity contribution in [1.29, 1.82) is 0 Å². The Morgan fingerprint density at radius 2 is 2.17 bits per heavy atom. The summed E-state index contributed by atoms with van der Waals surface area (Å²) in [5, 5.41) is -0.227. The van der Waals surface area contributed by atoms with Gasteiger partial charge >= 0.3 is 11.3 Å². The van der Waals surface area contributed by atoms with Crippen LogP contribution in [0.1, 0.15) is 17.3 Å². The fraction of sp³-hybridized carbons (Fsp3) is 0.250. The van der Waals surface area contributed by atoms with Crippen LogP contribution >= 0.6 is 11.6 Å². The van der Waals surface area contributed by atoms with Crippen molar-refractivity contribution in [3.8, 4) is 11.4 Å². The Labute approximate surface area is 167 Å². The van der Waals surface area contributed by atoms with Crippen LogP contribution in [-0.2, 0) is 27.4 Å². The van der Waals surface area contributed by atoms with E-state index >= 15 is 0 Å². The first-order valence-electron chi connectivity index (χ1n) is 8.11. The van der Waals surface area contributed by atoms with Crippen LogP contribution in [-0.4, -0.2) is 35.0 Å². The molecule has 1 unspecified atom stereocenters. The summed E-state index contributed by atoms with van der Waals surface area (Å²) in [6.45, 7) is 0.134. The maximum atomic E-state index is 13.0. The summed E-state index contributed by atoms with van der Waals surface area (Å²) >= 11 is 4.88. The van der Waals surface area contributed by atoms with Gasteiger partial charge in [-0.3, -0.25) is 0 Å². The molecule has 9 nitrogen and oxygen atoms in total. The average molecular weight is 443 g/mol. The smallest absolute Gasteiger partial charge is 0.400 e. The number of nitrogens with zero attached hydrogens (tertiary/aromatic N) is 6. The summed E-state index contributed by atoms with van der Waals surface area (Å²) in [5.74, 6) is -0.852. The van der Waals surface area contributed by atoms with Gasteiger partial charge < -0.3 is 13.3 Å². The first kappa shape index (κ1) is 19.5. The second-order valence-electron chi connectivity index (χ2n) is 6.20. The summed E-state index contributed by atoms with van der Waals surface area (Å²) in [5.41, 5.74) is 2.07. The number of halogens is 3. The maximum absolute atomic E-state index is 13.0. The van der Waals surface area contributed by atoms with Crippen molar-refractivity contribution in [2.45, 2.75) is 17.7 Å². The number of aromatic nitrogens is 5. The SMILES string of the molecule is CS(=O)(Cc1cocn1)=NCc1cn2ccc(-c3noc(C(F)(F)Cl)n3)cc2n1. The summed E-state index contributed by atoms with van der Waals surface area (Å²) in [4.78, 5) is 12.0. The van der Waals surface area contributed by atoms with Gasteiger partial charge in [-0.15, -0.1) is 0 Å². The predicted octanol–water partition coefficient (Wildman–Crippen LogP) is 3.46. The molecule has 0 aliphatic rings. The van der Waals surface area contributed by atoms with Gasteiger partial charge in [0.05, 0.1) is 33.4 Å². The third-order valence-corrected chi connectivity index (χ3v) is 5.50. The van der Waals surface area contributed by atoms with Gasteiger partial charge in [-0.05, 0) is 23.7 Å². The minimum Gasteiger partial charge on any atom is -0.451 e. The topological polar surface area (TPSA) is 112 Å². The molecule has 0 bridgehead atoms. The highest BCUT2D eigenvalue weighted by Crippen LogP contribution is 2.32. The summed E-state index contributed by atoms with van der Waals surface area (Å²) in [6.07, 6.45) is 7.62. The van der Waals surface area contributed by atoms with E-state index in [0.29, 0.717) is 22.6 Å². The first-order chi connectivity index (χ1) is 13.7. The van der Waals surface area contributed by atoms with Crippen LogP contribution in [0.5, 0.6) is 0 Å². The monoisotopic (exact) mass is 442 g/mol. The highest BCUT2D eigenvalue weighted by Gasteiger charge is 2.35. The average Bonchev–Trinajstić information content (AvgIpc) is 3.38. The molecule has 1 atom stereocenters. The van der Waals surface area contributed by atoms with Crippen molar-refractivity contribution in [3.63, 3.8) is 0 Å². The van der Waals surface area contributed by atoms with E-state index in [9.17, 15) is 13.0 Å². The number of rotatable bonds is 6. The molecule has 0 N–H and O–H groups in total. The van der Waals surface area contributed by atoms with Crippen molar-refractivity contribution < 1.29 is 21.9 Å². The van der Waals surface area contributed by atoms with Gasteiger partial charge in [-0.1, -0.05) is 5.16 Å². The van der Waals surface area contributed by atoms with Crippen molar-refractivity contribution in [3.05, 3.63) is 54.5 Å². The predicted molar refractivity (Wildman–Crippen MR) is 98.6 cm³/mol. The molecular weight excluding hydrogens is 430 g/mol. The van der Waals surface area contributed by atoms with Crippen molar-refractivity contribution in [1.82, 2.24) is 24.5 Å². The molecule has 0 saturated heterocycles. The van der Waals surface area contributed by atoms with Gasteiger partial charge in [0.1, 0.15) is 11.9 Å². The molecule has 0 aliphatic carbocycles. The molecule has 0 saturated carbocycles. The highest BCUT2D eigenvalue weighted by atomic mass is 35.5. The van der Waals surface area contributed by atoms with E-state index in [4.69, 9.17) is 16.0 Å². The number of alkyl halides is 3. The highest BCUT2D eigenvalue weighted by molar-refractivity contribution is 7.92. The van der Waals surface area contributed by atoms with Crippen molar-refractivity contribution in [2.24, 2.45) is 4.36 Å². The number of fused-ring (bicyclic) bond motifs is 1. The number of oxazole rings is 1. The summed E-state index contributed by atoms with van der Waals surface area (Å²) in [6, 6.07) is 3.22. The standard InChI is InChI=1S/C16H13ClF2N6O3S/c1-29(26,8-12-7-27-9-20-12)21-5-11-6-25-3-2-10(4-13(25)22-11)14-23-15(28-24-14)16(17,18)19/h2-4,6-7,9H,5,8H2,1H3. The van der Waals surface area contributed by atoms with Crippen LogP contribution in [0.2, 0.25) is 0 Å². The minimum absolute atomic E-state index is 0.0405. The Balaban J connectivity index is 1.56. The Bertz CT molecular complexity index is 1270. The lowest BCUT2D eigenvalue weighted by atomic mass is 10.2. The normalized spacial score (nSPS) is 14.2. The molecule has 4 aromatic rings. The maximum Gasteiger partial charge on any atom is 0.400 e. The Morgan fingerprint density at radius 1 is 1.34 bits per heavy atom. The van der Waals surface area contributed by atoms with Gasteiger partial charge in [0.2, 0.25) is 5.82 Å². The van der Waals surface area contributed by atoms with Gasteiger partial charge in [0.15, 0.2) is 6.39 Å². The molecule has 0 spiro atoms. The van der Waals surface area contributed by atoms with Gasteiger partial charge in [-0.2, -0.15) is 13.8 Å². The van der Waals surface area contributed by atoms with Crippen LogP contribution in [0.15, 0.2) is 50.5 Å². The zero-order valence-electron chi connectivity index (χ0n) is 14.8. The van der Waals surface area contributed by atoms with Crippen LogP contribution in [0.4, 0.5) is 8.78 Å². The number of hydrogen-bond acceptors (Lipinski definition) is 8. The third kappa shape index (κ3) is 4.43. The zero-order valence-corrected chi connectivity index (χ0v) is 16.4. The molecule has 0 aromatic carbocycles. The molecule has 0 radical (unpaired) electrons. The summed E-state index contributed by atoms with van der Waals surface area (Å²) < 4.78 is 54.0. The van der Waals surface area contributed by atoms with Crippen LogP contribution in [0, 0.1) is 0 Å². The van der Waals surface area contributed by atoms with E-state index in [0.717, 1.165) is 0 Å². The van der Waals surface area contributed by atoms with Crippen molar-refractivity contribution >= 4 is 27.0 Å². The zero-order chi connectivity index (χ0) is 20.6. The van der Waals surface area contributed by atoms with E-state index in [2.05, 4.69) is 29.0 Å². The van der Waals surface area contributed by atoms with Crippen molar-refractivity contribution in [2.75, 3.05) is 6.26 Å². The lowest BCUT2D eigenvalue weighted by Gasteiger charge is -2.00. The molecule has 29 heavy (non-hydrogen) atoms. The fourth-order valence-corrected chi connectivity index (χ4v) is 3.80. The molecule has 4 aromatic heterocycles. The first-order valence-corrected chi connectivity index (χ1v) is 10.6. The van der Waals surface area contributed by atoms with E-state index in [-0.39, 0.29) is 18.1 Å². The molecule has 152 valence electrons. The quantitative estimate of drug-likeness (QED) is 0.420. The van der Waals surface area contributed by atoms with Crippen LogP contribution in [0.25, 0.3) is 17.0 Å². The minimum atomic E-state index is -3.74. The third-order valence-electron chi connectivity index (χ3n) is 3.84. The van der Waals surface area contributed by atoms with E-state index < -0.39 is 21.0 Å². The molecule has 13 heteroatoms.